The number of para-hydroxylation sites is 2. The Hall–Kier alpha value is -3.27. The maximum atomic E-state index is 12.2. The van der Waals surface area contributed by atoms with Crippen molar-refractivity contribution in [1.29, 1.82) is 0 Å². The van der Waals surface area contributed by atoms with Crippen molar-refractivity contribution >= 4 is 11.6 Å². The fraction of sp³-hybridized carbons (Fsp3) is 0.136. The van der Waals surface area contributed by atoms with E-state index in [0.717, 1.165) is 17.0 Å². The van der Waals surface area contributed by atoms with Crippen LogP contribution in [0.4, 0.5) is 5.69 Å². The van der Waals surface area contributed by atoms with E-state index in [0.29, 0.717) is 18.1 Å². The zero-order valence-corrected chi connectivity index (χ0v) is 14.6. The van der Waals surface area contributed by atoms with E-state index in [1.165, 1.54) is 0 Å². The van der Waals surface area contributed by atoms with Crippen LogP contribution >= 0.6 is 0 Å². The summed E-state index contributed by atoms with van der Waals surface area (Å²) in [4.78, 5) is 12.2. The molecule has 0 saturated carbocycles. The Labute approximate surface area is 153 Å². The lowest BCUT2D eigenvalue weighted by atomic mass is 10.1. The molecule has 0 aliphatic heterocycles. The van der Waals surface area contributed by atoms with E-state index in [4.69, 9.17) is 9.47 Å². The SMILES string of the molecule is CCOc1cc(CC(=O)Nc2ccccc2)ccc1Oc1ccccc1. The van der Waals surface area contributed by atoms with Gasteiger partial charge in [-0.15, -0.1) is 0 Å². The van der Waals surface area contributed by atoms with Crippen molar-refractivity contribution in [2.75, 3.05) is 11.9 Å². The Bertz CT molecular complexity index is 848. The highest BCUT2D eigenvalue weighted by Gasteiger charge is 2.10. The van der Waals surface area contributed by atoms with Gasteiger partial charge in [0.15, 0.2) is 11.5 Å². The molecule has 0 fully saturated rings. The lowest BCUT2D eigenvalue weighted by Crippen LogP contribution is -2.14. The van der Waals surface area contributed by atoms with E-state index in [-0.39, 0.29) is 12.3 Å². The Balaban J connectivity index is 1.72. The first-order valence-electron chi connectivity index (χ1n) is 8.58. The van der Waals surface area contributed by atoms with Gasteiger partial charge >= 0.3 is 0 Å². The van der Waals surface area contributed by atoms with Gasteiger partial charge in [-0.05, 0) is 48.9 Å². The number of ether oxygens (including phenoxy) is 2. The minimum Gasteiger partial charge on any atom is -0.490 e. The number of rotatable bonds is 7. The van der Waals surface area contributed by atoms with Gasteiger partial charge in [0.05, 0.1) is 13.0 Å². The molecule has 3 aromatic carbocycles. The van der Waals surface area contributed by atoms with Gasteiger partial charge < -0.3 is 14.8 Å². The number of benzene rings is 3. The zero-order chi connectivity index (χ0) is 18.2. The van der Waals surface area contributed by atoms with Crippen molar-refractivity contribution in [3.05, 3.63) is 84.4 Å². The van der Waals surface area contributed by atoms with E-state index in [1.54, 1.807) is 0 Å². The Morgan fingerprint density at radius 2 is 1.58 bits per heavy atom. The largest absolute Gasteiger partial charge is 0.490 e. The molecule has 0 aromatic heterocycles. The maximum Gasteiger partial charge on any atom is 0.228 e. The molecular weight excluding hydrogens is 326 g/mol. The Morgan fingerprint density at radius 1 is 0.885 bits per heavy atom. The van der Waals surface area contributed by atoms with Gasteiger partial charge in [-0.3, -0.25) is 4.79 Å². The van der Waals surface area contributed by atoms with Gasteiger partial charge in [-0.1, -0.05) is 42.5 Å². The fourth-order valence-electron chi connectivity index (χ4n) is 2.54. The molecule has 0 bridgehead atoms. The predicted molar refractivity (Wildman–Crippen MR) is 103 cm³/mol. The van der Waals surface area contributed by atoms with Crippen molar-refractivity contribution in [1.82, 2.24) is 0 Å². The Morgan fingerprint density at radius 3 is 2.27 bits per heavy atom. The molecular formula is C22H21NO3. The lowest BCUT2D eigenvalue weighted by molar-refractivity contribution is -0.115. The summed E-state index contributed by atoms with van der Waals surface area (Å²) in [5, 5.41) is 2.89. The molecule has 26 heavy (non-hydrogen) atoms. The second-order valence-electron chi connectivity index (χ2n) is 5.72. The van der Waals surface area contributed by atoms with Crippen molar-refractivity contribution < 1.29 is 14.3 Å². The summed E-state index contributed by atoms with van der Waals surface area (Å²) < 4.78 is 11.6. The highest BCUT2D eigenvalue weighted by atomic mass is 16.5. The van der Waals surface area contributed by atoms with Crippen LogP contribution in [-0.4, -0.2) is 12.5 Å². The first kappa shape index (κ1) is 17.5. The van der Waals surface area contributed by atoms with E-state index < -0.39 is 0 Å². The van der Waals surface area contributed by atoms with Crippen LogP contribution in [0, 0.1) is 0 Å². The molecule has 0 saturated heterocycles. The minimum atomic E-state index is -0.0737. The van der Waals surface area contributed by atoms with Gasteiger partial charge in [-0.25, -0.2) is 0 Å². The zero-order valence-electron chi connectivity index (χ0n) is 14.6. The molecule has 4 nitrogen and oxygen atoms in total. The lowest BCUT2D eigenvalue weighted by Gasteiger charge is -2.13. The van der Waals surface area contributed by atoms with Crippen molar-refractivity contribution in [3.63, 3.8) is 0 Å². The molecule has 0 unspecified atom stereocenters. The predicted octanol–water partition coefficient (Wildman–Crippen LogP) is 5.06. The number of nitrogens with one attached hydrogen (secondary N) is 1. The highest BCUT2D eigenvalue weighted by Crippen LogP contribution is 2.32. The summed E-state index contributed by atoms with van der Waals surface area (Å²) in [6, 6.07) is 24.5. The summed E-state index contributed by atoms with van der Waals surface area (Å²) in [7, 11) is 0. The van der Waals surface area contributed by atoms with Crippen LogP contribution in [0.1, 0.15) is 12.5 Å². The van der Waals surface area contributed by atoms with Crippen LogP contribution in [0.15, 0.2) is 78.9 Å². The van der Waals surface area contributed by atoms with E-state index in [1.807, 2.05) is 85.8 Å². The maximum absolute atomic E-state index is 12.2. The van der Waals surface area contributed by atoms with Gasteiger partial charge in [0.2, 0.25) is 5.91 Å². The third-order valence-electron chi connectivity index (χ3n) is 3.70. The first-order chi connectivity index (χ1) is 12.7. The number of hydrogen-bond donors (Lipinski definition) is 1. The number of hydrogen-bond acceptors (Lipinski definition) is 3. The standard InChI is InChI=1S/C22H21NO3/c1-2-25-21-15-17(16-22(24)23-18-9-5-3-6-10-18)13-14-20(21)26-19-11-7-4-8-12-19/h3-15H,2,16H2,1H3,(H,23,24). The van der Waals surface area contributed by atoms with Gasteiger partial charge in [0, 0.05) is 5.69 Å². The Kier molecular flexibility index (Phi) is 5.88. The smallest absolute Gasteiger partial charge is 0.228 e. The topological polar surface area (TPSA) is 47.6 Å². The minimum absolute atomic E-state index is 0.0737. The molecule has 1 N–H and O–H groups in total. The van der Waals surface area contributed by atoms with Crippen LogP contribution in [0.5, 0.6) is 17.2 Å². The molecule has 132 valence electrons. The summed E-state index contributed by atoms with van der Waals surface area (Å²) >= 11 is 0. The molecule has 1 amide bonds. The van der Waals surface area contributed by atoms with Crippen LogP contribution in [0.2, 0.25) is 0 Å². The van der Waals surface area contributed by atoms with Crippen molar-refractivity contribution in [2.24, 2.45) is 0 Å². The highest BCUT2D eigenvalue weighted by molar-refractivity contribution is 5.92. The second kappa shape index (κ2) is 8.72. The molecule has 0 atom stereocenters. The summed E-state index contributed by atoms with van der Waals surface area (Å²) in [6.45, 7) is 2.44. The molecule has 0 spiro atoms. The van der Waals surface area contributed by atoms with Crippen molar-refractivity contribution in [2.45, 2.75) is 13.3 Å². The average Bonchev–Trinajstić information content (AvgIpc) is 2.66. The quantitative estimate of drug-likeness (QED) is 0.650. The third kappa shape index (κ3) is 4.86. The molecule has 4 heteroatoms. The van der Waals surface area contributed by atoms with E-state index >= 15 is 0 Å². The fourth-order valence-corrected chi connectivity index (χ4v) is 2.54. The first-order valence-corrected chi connectivity index (χ1v) is 8.58. The van der Waals surface area contributed by atoms with Crippen molar-refractivity contribution in [3.8, 4) is 17.2 Å². The molecule has 0 aliphatic carbocycles. The van der Waals surface area contributed by atoms with Gasteiger partial charge in [0.25, 0.3) is 0 Å². The summed E-state index contributed by atoms with van der Waals surface area (Å²) in [5.74, 6) is 1.92. The number of anilines is 1. The molecule has 0 heterocycles. The van der Waals surface area contributed by atoms with Gasteiger partial charge in [-0.2, -0.15) is 0 Å². The normalized spacial score (nSPS) is 10.2. The second-order valence-corrected chi connectivity index (χ2v) is 5.72. The number of carbonyl (C=O) groups is 1. The monoisotopic (exact) mass is 347 g/mol. The average molecular weight is 347 g/mol. The van der Waals surface area contributed by atoms with Crippen LogP contribution in [0.3, 0.4) is 0 Å². The molecule has 3 aromatic rings. The van der Waals surface area contributed by atoms with Crippen LogP contribution in [0.25, 0.3) is 0 Å². The van der Waals surface area contributed by atoms with Gasteiger partial charge in [0.1, 0.15) is 5.75 Å². The number of carbonyl (C=O) groups excluding carboxylic acids is 1. The summed E-state index contributed by atoms with van der Waals surface area (Å²) in [6.07, 6.45) is 0.264. The molecule has 0 aliphatic rings. The third-order valence-corrected chi connectivity index (χ3v) is 3.70. The summed E-state index contributed by atoms with van der Waals surface area (Å²) in [5.41, 5.74) is 1.65. The number of amides is 1. The van der Waals surface area contributed by atoms with E-state index in [9.17, 15) is 4.79 Å². The van der Waals surface area contributed by atoms with E-state index in [2.05, 4.69) is 5.32 Å². The molecule has 3 rings (SSSR count). The van der Waals surface area contributed by atoms with Crippen LogP contribution in [-0.2, 0) is 11.2 Å². The molecule has 0 radical (unpaired) electrons. The van der Waals surface area contributed by atoms with Crippen LogP contribution < -0.4 is 14.8 Å².